The van der Waals surface area contributed by atoms with E-state index in [1.54, 1.807) is 0 Å². The summed E-state index contributed by atoms with van der Waals surface area (Å²) in [7, 11) is 1.47. The van der Waals surface area contributed by atoms with E-state index in [0.717, 1.165) is 13.1 Å². The minimum Gasteiger partial charge on any atom is -0.357 e. The molecule has 0 aromatic rings. The van der Waals surface area contributed by atoms with Crippen LogP contribution in [0.4, 0.5) is 13.2 Å². The maximum Gasteiger partial charge on any atom is 0.401 e. The lowest BCUT2D eigenvalue weighted by Gasteiger charge is -2.40. The number of guanidine groups is 1. The van der Waals surface area contributed by atoms with Crippen molar-refractivity contribution in [2.24, 2.45) is 4.99 Å². The van der Waals surface area contributed by atoms with Gasteiger partial charge in [-0.15, -0.1) is 0 Å². The summed E-state index contributed by atoms with van der Waals surface area (Å²) in [4.78, 5) is 8.37. The number of nitrogens with one attached hydrogen (secondary N) is 2. The van der Waals surface area contributed by atoms with Crippen molar-refractivity contribution in [1.29, 1.82) is 0 Å². The normalized spacial score (nSPS) is 17.8. The van der Waals surface area contributed by atoms with Gasteiger partial charge in [0.1, 0.15) is 0 Å². The number of piperidine rings is 1. The van der Waals surface area contributed by atoms with Crippen LogP contribution in [-0.2, 0) is 0 Å². The summed E-state index contributed by atoms with van der Waals surface area (Å²) >= 11 is 0. The van der Waals surface area contributed by atoms with Crippen LogP contribution in [-0.4, -0.2) is 80.3 Å². The van der Waals surface area contributed by atoms with Crippen LogP contribution in [0.1, 0.15) is 40.0 Å². The van der Waals surface area contributed by atoms with Gasteiger partial charge in [-0.1, -0.05) is 6.42 Å². The highest BCUT2D eigenvalue weighted by Gasteiger charge is 2.29. The highest BCUT2D eigenvalue weighted by Crippen LogP contribution is 2.20. The van der Waals surface area contributed by atoms with Gasteiger partial charge in [0.25, 0.3) is 0 Å². The molecule has 1 saturated heterocycles. The van der Waals surface area contributed by atoms with Crippen molar-refractivity contribution >= 4 is 5.96 Å². The fraction of sp³-hybridized carbons (Fsp3) is 0.941. The lowest BCUT2D eigenvalue weighted by molar-refractivity contribution is -0.142. The number of hydrogen-bond donors (Lipinski definition) is 2. The molecule has 8 heteroatoms. The Bertz CT molecular complexity index is 404. The van der Waals surface area contributed by atoms with Gasteiger partial charge in [0.2, 0.25) is 0 Å². The van der Waals surface area contributed by atoms with E-state index in [1.807, 2.05) is 6.92 Å². The second kappa shape index (κ2) is 10.2. The summed E-state index contributed by atoms with van der Waals surface area (Å²) in [5.41, 5.74) is -0.0180. The molecule has 0 atom stereocenters. The van der Waals surface area contributed by atoms with Crippen LogP contribution in [0, 0.1) is 0 Å². The highest BCUT2D eigenvalue weighted by molar-refractivity contribution is 5.79. The van der Waals surface area contributed by atoms with Crippen LogP contribution in [0.3, 0.4) is 0 Å². The average Bonchev–Trinajstić information content (AvgIpc) is 2.52. The molecule has 0 aromatic carbocycles. The van der Waals surface area contributed by atoms with Crippen LogP contribution in [0.25, 0.3) is 0 Å². The molecule has 0 bridgehead atoms. The quantitative estimate of drug-likeness (QED) is 0.512. The number of halogens is 3. The molecule has 1 aliphatic rings. The predicted molar refractivity (Wildman–Crippen MR) is 97.0 cm³/mol. The van der Waals surface area contributed by atoms with Crippen LogP contribution < -0.4 is 10.6 Å². The summed E-state index contributed by atoms with van der Waals surface area (Å²) in [6, 6.07) is 0. The molecule has 148 valence electrons. The standard InChI is InChI=1S/C17H34F3N5/c1-5-21-15(22-9-12-24(4)14-17(18,19)20)23-13-16(2,3)25-10-7-6-8-11-25/h5-14H2,1-4H3,(H2,21,22,23). The van der Waals surface area contributed by atoms with Gasteiger partial charge in [0.05, 0.1) is 13.1 Å². The van der Waals surface area contributed by atoms with Crippen molar-refractivity contribution in [3.05, 3.63) is 0 Å². The van der Waals surface area contributed by atoms with E-state index >= 15 is 0 Å². The molecule has 25 heavy (non-hydrogen) atoms. The van der Waals surface area contributed by atoms with Gasteiger partial charge in [0.15, 0.2) is 5.96 Å². The minimum atomic E-state index is -4.16. The van der Waals surface area contributed by atoms with Gasteiger partial charge in [-0.25, -0.2) is 0 Å². The first-order chi connectivity index (χ1) is 11.6. The third-order valence-electron chi connectivity index (χ3n) is 4.42. The van der Waals surface area contributed by atoms with Gasteiger partial charge < -0.3 is 10.6 Å². The van der Waals surface area contributed by atoms with Crippen molar-refractivity contribution in [2.75, 3.05) is 52.9 Å². The van der Waals surface area contributed by atoms with Gasteiger partial charge in [0, 0.05) is 25.2 Å². The number of nitrogens with zero attached hydrogens (tertiary/aromatic N) is 3. The highest BCUT2D eigenvalue weighted by atomic mass is 19.4. The van der Waals surface area contributed by atoms with Gasteiger partial charge >= 0.3 is 6.18 Å². The molecule has 0 aliphatic carbocycles. The third-order valence-corrected chi connectivity index (χ3v) is 4.42. The first kappa shape index (κ1) is 22.0. The Kier molecular flexibility index (Phi) is 8.99. The average molecular weight is 365 g/mol. The fourth-order valence-corrected chi connectivity index (χ4v) is 2.96. The van der Waals surface area contributed by atoms with Crippen molar-refractivity contribution in [2.45, 2.75) is 51.7 Å². The Morgan fingerprint density at radius 2 is 1.76 bits per heavy atom. The van der Waals surface area contributed by atoms with E-state index in [-0.39, 0.29) is 5.54 Å². The monoisotopic (exact) mass is 365 g/mol. The first-order valence-corrected chi connectivity index (χ1v) is 9.16. The summed E-state index contributed by atoms with van der Waals surface area (Å²) in [5.74, 6) is 0.660. The summed E-state index contributed by atoms with van der Waals surface area (Å²) in [6.45, 7) is 9.78. The smallest absolute Gasteiger partial charge is 0.357 e. The lowest BCUT2D eigenvalue weighted by Crippen LogP contribution is -2.50. The molecule has 1 aliphatic heterocycles. The second-order valence-electron chi connectivity index (χ2n) is 7.34. The van der Waals surface area contributed by atoms with Crippen molar-refractivity contribution in [3.8, 4) is 0 Å². The lowest BCUT2D eigenvalue weighted by atomic mass is 9.99. The Morgan fingerprint density at radius 1 is 1.12 bits per heavy atom. The number of alkyl halides is 3. The predicted octanol–water partition coefficient (Wildman–Crippen LogP) is 2.30. The molecule has 0 spiro atoms. The molecular formula is C17H34F3N5. The van der Waals surface area contributed by atoms with Gasteiger partial charge in [-0.3, -0.25) is 14.8 Å². The molecular weight excluding hydrogens is 331 g/mol. The number of hydrogen-bond acceptors (Lipinski definition) is 3. The van der Waals surface area contributed by atoms with E-state index in [4.69, 9.17) is 0 Å². The molecule has 2 N–H and O–H groups in total. The molecule has 0 unspecified atom stereocenters. The molecule has 1 rings (SSSR count). The number of aliphatic imine (C=N–C) groups is 1. The Balaban J connectivity index is 2.47. The molecule has 0 aromatic heterocycles. The zero-order chi connectivity index (χ0) is 18.9. The number of rotatable bonds is 8. The Morgan fingerprint density at radius 3 is 2.32 bits per heavy atom. The molecule has 1 fully saturated rings. The van der Waals surface area contributed by atoms with Crippen LogP contribution in [0.15, 0.2) is 4.99 Å². The second-order valence-corrected chi connectivity index (χ2v) is 7.34. The zero-order valence-corrected chi connectivity index (χ0v) is 16.0. The maximum absolute atomic E-state index is 12.3. The minimum absolute atomic E-state index is 0.0180. The first-order valence-electron chi connectivity index (χ1n) is 9.16. The maximum atomic E-state index is 12.3. The Hall–Kier alpha value is -1.02. The Labute approximate surface area is 150 Å². The van der Waals surface area contributed by atoms with E-state index in [1.165, 1.54) is 31.2 Å². The molecule has 1 heterocycles. The summed E-state index contributed by atoms with van der Waals surface area (Å²) in [6.07, 6.45) is -0.398. The number of likely N-dealkylation sites (tertiary alicyclic amines) is 1. The molecule has 0 radical (unpaired) electrons. The van der Waals surface area contributed by atoms with E-state index in [0.29, 0.717) is 32.1 Å². The topological polar surface area (TPSA) is 42.9 Å². The van der Waals surface area contributed by atoms with E-state index in [2.05, 4.69) is 34.4 Å². The van der Waals surface area contributed by atoms with Crippen molar-refractivity contribution in [1.82, 2.24) is 20.4 Å². The SMILES string of the molecule is CCNC(=NCC(C)(C)N1CCCCC1)NCCN(C)CC(F)(F)F. The van der Waals surface area contributed by atoms with Gasteiger partial charge in [-0.05, 0) is 53.8 Å². The zero-order valence-electron chi connectivity index (χ0n) is 16.0. The largest absolute Gasteiger partial charge is 0.401 e. The van der Waals surface area contributed by atoms with Crippen LogP contribution in [0.5, 0.6) is 0 Å². The third kappa shape index (κ3) is 9.30. The number of likely N-dealkylation sites (N-methyl/N-ethyl adjacent to an activating group) is 1. The molecule has 0 amide bonds. The molecule has 0 saturated carbocycles. The summed E-state index contributed by atoms with van der Waals surface area (Å²) < 4.78 is 37.0. The van der Waals surface area contributed by atoms with E-state index < -0.39 is 12.7 Å². The molecule has 5 nitrogen and oxygen atoms in total. The van der Waals surface area contributed by atoms with E-state index in [9.17, 15) is 13.2 Å². The summed E-state index contributed by atoms with van der Waals surface area (Å²) in [5, 5.41) is 6.28. The fourth-order valence-electron chi connectivity index (χ4n) is 2.96. The van der Waals surface area contributed by atoms with Crippen molar-refractivity contribution in [3.63, 3.8) is 0 Å². The van der Waals surface area contributed by atoms with Gasteiger partial charge in [-0.2, -0.15) is 13.2 Å². The van der Waals surface area contributed by atoms with Crippen molar-refractivity contribution < 1.29 is 13.2 Å². The van der Waals surface area contributed by atoms with Crippen LogP contribution >= 0.6 is 0 Å². The van der Waals surface area contributed by atoms with Crippen LogP contribution in [0.2, 0.25) is 0 Å².